The number of aromatic nitrogens is 1. The fraction of sp³-hybridized carbons (Fsp3) is 0.500. The van der Waals surface area contributed by atoms with E-state index in [-0.39, 0.29) is 17.9 Å². The molecular formula is C14H20N4O2. The number of anilines is 1. The maximum absolute atomic E-state index is 12.0. The molecule has 1 saturated heterocycles. The van der Waals surface area contributed by atoms with E-state index in [9.17, 15) is 9.59 Å². The Bertz CT molecular complexity index is 463. The summed E-state index contributed by atoms with van der Waals surface area (Å²) in [5.74, 6) is -0.159. The quantitative estimate of drug-likeness (QED) is 0.746. The summed E-state index contributed by atoms with van der Waals surface area (Å²) >= 11 is 0. The van der Waals surface area contributed by atoms with Crippen LogP contribution in [0.4, 0.5) is 5.69 Å². The lowest BCUT2D eigenvalue weighted by atomic mass is 10.1. The molecule has 2 rings (SSSR count). The topological polar surface area (TPSA) is 83.1 Å². The third-order valence-electron chi connectivity index (χ3n) is 3.18. The van der Waals surface area contributed by atoms with Crippen LogP contribution in [0.25, 0.3) is 0 Å². The van der Waals surface area contributed by atoms with Crippen LogP contribution in [0, 0.1) is 0 Å². The van der Waals surface area contributed by atoms with Gasteiger partial charge in [0.2, 0.25) is 5.91 Å². The van der Waals surface area contributed by atoms with E-state index in [4.69, 9.17) is 0 Å². The van der Waals surface area contributed by atoms with Crippen LogP contribution >= 0.6 is 0 Å². The Morgan fingerprint density at radius 1 is 1.50 bits per heavy atom. The van der Waals surface area contributed by atoms with Gasteiger partial charge in [-0.15, -0.1) is 0 Å². The van der Waals surface area contributed by atoms with Gasteiger partial charge < -0.3 is 16.0 Å². The van der Waals surface area contributed by atoms with Crippen molar-refractivity contribution in [3.8, 4) is 0 Å². The lowest BCUT2D eigenvalue weighted by molar-refractivity contribution is -0.122. The van der Waals surface area contributed by atoms with Gasteiger partial charge in [-0.25, -0.2) is 4.98 Å². The van der Waals surface area contributed by atoms with E-state index in [0.717, 1.165) is 18.7 Å². The van der Waals surface area contributed by atoms with Gasteiger partial charge in [-0.3, -0.25) is 9.59 Å². The smallest absolute Gasteiger partial charge is 0.270 e. The second-order valence-electron chi connectivity index (χ2n) is 4.87. The highest BCUT2D eigenvalue weighted by atomic mass is 16.2. The van der Waals surface area contributed by atoms with Gasteiger partial charge in [0, 0.05) is 25.6 Å². The summed E-state index contributed by atoms with van der Waals surface area (Å²) in [6.45, 7) is 3.46. The fourth-order valence-electron chi connectivity index (χ4n) is 2.02. The molecule has 0 aromatic carbocycles. The lowest BCUT2D eigenvalue weighted by Gasteiger charge is -2.23. The molecule has 3 N–H and O–H groups in total. The standard InChI is InChI=1S/C14H20N4O2/c1-2-7-15-10-3-5-12(16-8-10)14(20)18-11-4-6-13(19)17-9-11/h3,5,8,11,15H,2,4,6-7,9H2,1H3,(H,17,19)(H,18,20). The molecule has 2 amide bonds. The minimum Gasteiger partial charge on any atom is -0.384 e. The van der Waals surface area contributed by atoms with Crippen LogP contribution < -0.4 is 16.0 Å². The highest BCUT2D eigenvalue weighted by molar-refractivity contribution is 5.92. The van der Waals surface area contributed by atoms with Gasteiger partial charge >= 0.3 is 0 Å². The van der Waals surface area contributed by atoms with Crippen molar-refractivity contribution in [2.45, 2.75) is 32.2 Å². The Morgan fingerprint density at radius 2 is 2.35 bits per heavy atom. The van der Waals surface area contributed by atoms with E-state index < -0.39 is 0 Å². The first-order chi connectivity index (χ1) is 9.69. The third-order valence-corrected chi connectivity index (χ3v) is 3.18. The Kier molecular flexibility index (Phi) is 4.92. The first-order valence-corrected chi connectivity index (χ1v) is 6.96. The molecule has 6 heteroatoms. The number of piperidine rings is 1. The molecule has 20 heavy (non-hydrogen) atoms. The zero-order chi connectivity index (χ0) is 14.4. The molecule has 0 bridgehead atoms. The molecule has 1 aromatic rings. The number of carbonyl (C=O) groups is 2. The van der Waals surface area contributed by atoms with Crippen LogP contribution in [0.3, 0.4) is 0 Å². The fourth-order valence-corrected chi connectivity index (χ4v) is 2.02. The minimum atomic E-state index is -0.201. The van der Waals surface area contributed by atoms with Crippen molar-refractivity contribution in [1.82, 2.24) is 15.6 Å². The normalized spacial score (nSPS) is 18.2. The average molecular weight is 276 g/mol. The summed E-state index contributed by atoms with van der Waals surface area (Å²) in [6.07, 6.45) is 3.83. The number of nitrogens with zero attached hydrogens (tertiary/aromatic N) is 1. The van der Waals surface area contributed by atoms with Crippen molar-refractivity contribution in [1.29, 1.82) is 0 Å². The summed E-state index contributed by atoms with van der Waals surface area (Å²) < 4.78 is 0. The van der Waals surface area contributed by atoms with E-state index in [0.29, 0.717) is 25.1 Å². The zero-order valence-electron chi connectivity index (χ0n) is 11.6. The molecule has 0 aliphatic carbocycles. The molecular weight excluding hydrogens is 256 g/mol. The van der Waals surface area contributed by atoms with Gasteiger partial charge in [-0.2, -0.15) is 0 Å². The van der Waals surface area contributed by atoms with Crippen LogP contribution in [-0.4, -0.2) is 35.9 Å². The van der Waals surface area contributed by atoms with Gasteiger partial charge in [0.1, 0.15) is 5.69 Å². The van der Waals surface area contributed by atoms with E-state index in [1.54, 1.807) is 12.3 Å². The van der Waals surface area contributed by atoms with E-state index in [1.807, 2.05) is 6.07 Å². The number of pyridine rings is 1. The van der Waals surface area contributed by atoms with Gasteiger partial charge in [-0.1, -0.05) is 6.92 Å². The maximum atomic E-state index is 12.0. The van der Waals surface area contributed by atoms with E-state index in [1.165, 1.54) is 0 Å². The Balaban J connectivity index is 1.87. The molecule has 6 nitrogen and oxygen atoms in total. The SMILES string of the molecule is CCCNc1ccc(C(=O)NC2CCC(=O)NC2)nc1. The van der Waals surface area contributed by atoms with Crippen molar-refractivity contribution < 1.29 is 9.59 Å². The molecule has 1 aromatic heterocycles. The summed E-state index contributed by atoms with van der Waals surface area (Å²) in [4.78, 5) is 27.2. The molecule has 0 spiro atoms. The number of hydrogen-bond donors (Lipinski definition) is 3. The highest BCUT2D eigenvalue weighted by Gasteiger charge is 2.20. The molecule has 108 valence electrons. The predicted molar refractivity (Wildman–Crippen MR) is 76.5 cm³/mol. The average Bonchev–Trinajstić information content (AvgIpc) is 2.48. The van der Waals surface area contributed by atoms with Crippen LogP contribution in [0.1, 0.15) is 36.7 Å². The monoisotopic (exact) mass is 276 g/mol. The van der Waals surface area contributed by atoms with Crippen LogP contribution in [0.15, 0.2) is 18.3 Å². The molecule has 1 unspecified atom stereocenters. The van der Waals surface area contributed by atoms with Crippen molar-refractivity contribution in [2.75, 3.05) is 18.4 Å². The first kappa shape index (κ1) is 14.3. The summed E-state index contributed by atoms with van der Waals surface area (Å²) in [7, 11) is 0. The van der Waals surface area contributed by atoms with E-state index >= 15 is 0 Å². The summed E-state index contributed by atoms with van der Waals surface area (Å²) in [5.41, 5.74) is 1.30. The van der Waals surface area contributed by atoms with Crippen molar-refractivity contribution in [3.63, 3.8) is 0 Å². The second-order valence-corrected chi connectivity index (χ2v) is 4.87. The van der Waals surface area contributed by atoms with Crippen molar-refractivity contribution >= 4 is 17.5 Å². The first-order valence-electron chi connectivity index (χ1n) is 6.96. The Morgan fingerprint density at radius 3 is 2.95 bits per heavy atom. The highest BCUT2D eigenvalue weighted by Crippen LogP contribution is 2.08. The number of carbonyl (C=O) groups excluding carboxylic acids is 2. The molecule has 0 saturated carbocycles. The number of nitrogens with one attached hydrogen (secondary N) is 3. The molecule has 1 fully saturated rings. The van der Waals surface area contributed by atoms with Crippen molar-refractivity contribution in [3.05, 3.63) is 24.0 Å². The summed E-state index contributed by atoms with van der Waals surface area (Å²) in [5, 5.41) is 8.82. The van der Waals surface area contributed by atoms with Gasteiger partial charge in [0.15, 0.2) is 0 Å². The Labute approximate surface area is 118 Å². The minimum absolute atomic E-state index is 0.0140. The largest absolute Gasteiger partial charge is 0.384 e. The number of hydrogen-bond acceptors (Lipinski definition) is 4. The lowest BCUT2D eigenvalue weighted by Crippen LogP contribution is -2.47. The van der Waals surface area contributed by atoms with Gasteiger partial charge in [-0.05, 0) is 25.0 Å². The van der Waals surface area contributed by atoms with Crippen LogP contribution in [-0.2, 0) is 4.79 Å². The number of rotatable bonds is 5. The molecule has 1 atom stereocenters. The van der Waals surface area contributed by atoms with Crippen LogP contribution in [0.2, 0.25) is 0 Å². The zero-order valence-corrected chi connectivity index (χ0v) is 11.6. The van der Waals surface area contributed by atoms with Crippen LogP contribution in [0.5, 0.6) is 0 Å². The second kappa shape index (κ2) is 6.88. The molecule has 0 radical (unpaired) electrons. The van der Waals surface area contributed by atoms with E-state index in [2.05, 4.69) is 27.9 Å². The van der Waals surface area contributed by atoms with Gasteiger partial charge in [0.05, 0.1) is 11.9 Å². The van der Waals surface area contributed by atoms with Crippen molar-refractivity contribution in [2.24, 2.45) is 0 Å². The maximum Gasteiger partial charge on any atom is 0.270 e. The molecule has 1 aliphatic rings. The molecule has 2 heterocycles. The molecule has 1 aliphatic heterocycles. The Hall–Kier alpha value is -2.11. The third kappa shape index (κ3) is 3.94. The summed E-state index contributed by atoms with van der Waals surface area (Å²) in [6, 6.07) is 3.54. The van der Waals surface area contributed by atoms with Gasteiger partial charge in [0.25, 0.3) is 5.91 Å². The number of amides is 2. The predicted octanol–water partition coefficient (Wildman–Crippen LogP) is 0.912.